The fraction of sp³-hybridized carbons (Fsp3) is 0.600. The molecule has 0 fully saturated rings. The summed E-state index contributed by atoms with van der Waals surface area (Å²) in [6, 6.07) is 10.4. The van der Waals surface area contributed by atoms with Crippen LogP contribution >= 0.6 is 12.6 Å². The van der Waals surface area contributed by atoms with Gasteiger partial charge in [0.15, 0.2) is 0 Å². The Balaban J connectivity index is 2.13. The van der Waals surface area contributed by atoms with E-state index in [1.165, 1.54) is 12.0 Å². The van der Waals surface area contributed by atoms with Crippen molar-refractivity contribution in [1.29, 1.82) is 0 Å². The zero-order chi connectivity index (χ0) is 13.1. The van der Waals surface area contributed by atoms with E-state index in [4.69, 9.17) is 9.47 Å². The van der Waals surface area contributed by atoms with E-state index in [0.29, 0.717) is 25.7 Å². The lowest BCUT2D eigenvalue weighted by atomic mass is 10.0. The maximum atomic E-state index is 5.65. The standard InChI is InChI=1S/C15H24O2S/c1-2-3-9-16-10-11-17-12-15(13-18)14-7-5-4-6-8-14/h4-8,15,18H,2-3,9-13H2,1H3. The van der Waals surface area contributed by atoms with Crippen LogP contribution in [0.2, 0.25) is 0 Å². The molecule has 0 N–H and O–H groups in total. The predicted molar refractivity (Wildman–Crippen MR) is 79.6 cm³/mol. The average molecular weight is 268 g/mol. The van der Waals surface area contributed by atoms with Crippen molar-refractivity contribution >= 4 is 12.6 Å². The molecule has 0 aliphatic carbocycles. The molecule has 0 heterocycles. The Morgan fingerprint density at radius 1 is 1.06 bits per heavy atom. The Bertz CT molecular complexity index is 290. The van der Waals surface area contributed by atoms with Crippen LogP contribution < -0.4 is 0 Å². The highest BCUT2D eigenvalue weighted by molar-refractivity contribution is 7.80. The smallest absolute Gasteiger partial charge is 0.0700 e. The summed E-state index contributed by atoms with van der Waals surface area (Å²) < 4.78 is 11.1. The van der Waals surface area contributed by atoms with Gasteiger partial charge in [-0.05, 0) is 17.7 Å². The van der Waals surface area contributed by atoms with E-state index < -0.39 is 0 Å². The van der Waals surface area contributed by atoms with Gasteiger partial charge in [-0.1, -0.05) is 43.7 Å². The summed E-state index contributed by atoms with van der Waals surface area (Å²) in [4.78, 5) is 0. The van der Waals surface area contributed by atoms with Gasteiger partial charge in [-0.15, -0.1) is 0 Å². The minimum absolute atomic E-state index is 0.366. The Morgan fingerprint density at radius 2 is 1.78 bits per heavy atom. The summed E-state index contributed by atoms with van der Waals surface area (Å²) in [7, 11) is 0. The number of rotatable bonds is 10. The fourth-order valence-corrected chi connectivity index (χ4v) is 1.99. The Labute approximate surface area is 116 Å². The normalized spacial score (nSPS) is 12.6. The van der Waals surface area contributed by atoms with Crippen LogP contribution in [-0.2, 0) is 9.47 Å². The number of benzene rings is 1. The van der Waals surface area contributed by atoms with Crippen molar-refractivity contribution in [1.82, 2.24) is 0 Å². The van der Waals surface area contributed by atoms with Crippen LogP contribution in [0.5, 0.6) is 0 Å². The van der Waals surface area contributed by atoms with Crippen molar-refractivity contribution in [2.45, 2.75) is 25.7 Å². The van der Waals surface area contributed by atoms with Crippen molar-refractivity contribution < 1.29 is 9.47 Å². The third-order valence-corrected chi connectivity index (χ3v) is 3.27. The summed E-state index contributed by atoms with van der Waals surface area (Å²) >= 11 is 4.39. The maximum Gasteiger partial charge on any atom is 0.0700 e. The Morgan fingerprint density at radius 3 is 2.44 bits per heavy atom. The molecule has 0 spiro atoms. The first-order valence-electron chi connectivity index (χ1n) is 6.69. The molecule has 1 aromatic rings. The quantitative estimate of drug-likeness (QED) is 0.517. The summed E-state index contributed by atoms with van der Waals surface area (Å²) in [5, 5.41) is 0. The lowest BCUT2D eigenvalue weighted by Crippen LogP contribution is -2.13. The van der Waals surface area contributed by atoms with E-state index in [1.54, 1.807) is 0 Å². The van der Waals surface area contributed by atoms with Crippen molar-refractivity contribution in [3.05, 3.63) is 35.9 Å². The highest BCUT2D eigenvalue weighted by atomic mass is 32.1. The highest BCUT2D eigenvalue weighted by Crippen LogP contribution is 2.17. The molecule has 1 unspecified atom stereocenters. The molecule has 2 nitrogen and oxygen atoms in total. The first kappa shape index (κ1) is 15.5. The number of ether oxygens (including phenoxy) is 2. The van der Waals surface area contributed by atoms with Crippen LogP contribution in [-0.4, -0.2) is 32.2 Å². The van der Waals surface area contributed by atoms with E-state index in [-0.39, 0.29) is 0 Å². The minimum atomic E-state index is 0.366. The van der Waals surface area contributed by atoms with Gasteiger partial charge in [-0.3, -0.25) is 0 Å². The van der Waals surface area contributed by atoms with Crippen LogP contribution in [0.25, 0.3) is 0 Å². The first-order chi connectivity index (χ1) is 8.88. The molecule has 0 amide bonds. The molecule has 1 rings (SSSR count). The van der Waals surface area contributed by atoms with Gasteiger partial charge in [0.25, 0.3) is 0 Å². The van der Waals surface area contributed by atoms with Gasteiger partial charge >= 0.3 is 0 Å². The number of hydrogen-bond acceptors (Lipinski definition) is 3. The van der Waals surface area contributed by atoms with Crippen LogP contribution in [0, 0.1) is 0 Å². The molecule has 0 saturated carbocycles. The molecule has 0 aromatic heterocycles. The summed E-state index contributed by atoms with van der Waals surface area (Å²) in [6.07, 6.45) is 2.31. The molecular weight excluding hydrogens is 244 g/mol. The van der Waals surface area contributed by atoms with Gasteiger partial charge in [-0.2, -0.15) is 12.6 Å². The second-order valence-corrected chi connectivity index (χ2v) is 4.70. The van der Waals surface area contributed by atoms with Gasteiger partial charge in [0, 0.05) is 12.5 Å². The van der Waals surface area contributed by atoms with Crippen molar-refractivity contribution in [3.8, 4) is 0 Å². The number of thiol groups is 1. The van der Waals surface area contributed by atoms with E-state index in [1.807, 2.05) is 6.07 Å². The van der Waals surface area contributed by atoms with Gasteiger partial charge in [0.05, 0.1) is 19.8 Å². The van der Waals surface area contributed by atoms with Gasteiger partial charge in [0.2, 0.25) is 0 Å². The monoisotopic (exact) mass is 268 g/mol. The van der Waals surface area contributed by atoms with E-state index in [9.17, 15) is 0 Å². The molecule has 0 bridgehead atoms. The molecule has 0 aliphatic rings. The van der Waals surface area contributed by atoms with E-state index in [2.05, 4.69) is 43.8 Å². The highest BCUT2D eigenvalue weighted by Gasteiger charge is 2.08. The number of hydrogen-bond donors (Lipinski definition) is 1. The zero-order valence-corrected chi connectivity index (χ0v) is 12.1. The zero-order valence-electron chi connectivity index (χ0n) is 11.2. The predicted octanol–water partition coefficient (Wildman–Crippen LogP) is 3.53. The summed E-state index contributed by atoms with van der Waals surface area (Å²) in [5.74, 6) is 1.17. The average Bonchev–Trinajstić information content (AvgIpc) is 2.43. The van der Waals surface area contributed by atoms with Crippen LogP contribution in [0.4, 0.5) is 0 Å². The van der Waals surface area contributed by atoms with Gasteiger partial charge in [0.1, 0.15) is 0 Å². The Hall–Kier alpha value is -0.510. The fourth-order valence-electron chi connectivity index (χ4n) is 1.67. The number of unbranched alkanes of at least 4 members (excludes halogenated alkanes) is 1. The Kier molecular flexibility index (Phi) is 9.00. The minimum Gasteiger partial charge on any atom is -0.379 e. The second-order valence-electron chi connectivity index (χ2n) is 4.33. The van der Waals surface area contributed by atoms with Crippen molar-refractivity contribution in [2.75, 3.05) is 32.2 Å². The third kappa shape index (κ3) is 6.43. The van der Waals surface area contributed by atoms with Crippen LogP contribution in [0.1, 0.15) is 31.2 Å². The van der Waals surface area contributed by atoms with Crippen LogP contribution in [0.3, 0.4) is 0 Å². The third-order valence-electron chi connectivity index (χ3n) is 2.82. The van der Waals surface area contributed by atoms with Gasteiger partial charge < -0.3 is 9.47 Å². The molecule has 1 aromatic carbocycles. The summed E-state index contributed by atoms with van der Waals surface area (Å²) in [5.41, 5.74) is 1.29. The molecule has 1 atom stereocenters. The molecule has 18 heavy (non-hydrogen) atoms. The lowest BCUT2D eigenvalue weighted by molar-refractivity contribution is 0.0430. The lowest BCUT2D eigenvalue weighted by Gasteiger charge is -2.15. The largest absolute Gasteiger partial charge is 0.379 e. The first-order valence-corrected chi connectivity index (χ1v) is 7.33. The molecule has 0 saturated heterocycles. The second kappa shape index (κ2) is 10.4. The van der Waals surface area contributed by atoms with E-state index >= 15 is 0 Å². The molecule has 3 heteroatoms. The van der Waals surface area contributed by atoms with Crippen molar-refractivity contribution in [2.24, 2.45) is 0 Å². The topological polar surface area (TPSA) is 18.5 Å². The molecule has 0 aliphatic heterocycles. The molecule has 0 radical (unpaired) electrons. The maximum absolute atomic E-state index is 5.65. The van der Waals surface area contributed by atoms with Gasteiger partial charge in [-0.25, -0.2) is 0 Å². The molecule has 102 valence electrons. The van der Waals surface area contributed by atoms with Crippen LogP contribution in [0.15, 0.2) is 30.3 Å². The SMILES string of the molecule is CCCCOCCOCC(CS)c1ccccc1. The molecular formula is C15H24O2S. The van der Waals surface area contributed by atoms with E-state index in [0.717, 1.165) is 18.8 Å². The summed E-state index contributed by atoms with van der Waals surface area (Å²) in [6.45, 7) is 5.07. The van der Waals surface area contributed by atoms with Crippen molar-refractivity contribution in [3.63, 3.8) is 0 Å².